The Labute approximate surface area is 288 Å². The second kappa shape index (κ2) is 16.8. The monoisotopic (exact) mass is 711 g/mol. The third kappa shape index (κ3) is 8.36. The van der Waals surface area contributed by atoms with Gasteiger partial charge in [0.1, 0.15) is 11.5 Å². The Hall–Kier alpha value is -4.83. The van der Waals surface area contributed by atoms with Crippen LogP contribution >= 0.6 is 15.9 Å². The number of aliphatic hydroxyl groups excluding tert-OH is 1. The van der Waals surface area contributed by atoms with Gasteiger partial charge in [0, 0.05) is 40.9 Å². The van der Waals surface area contributed by atoms with E-state index in [1.54, 1.807) is 0 Å². The number of azide groups is 1. The van der Waals surface area contributed by atoms with Crippen molar-refractivity contribution in [2.45, 2.75) is 44.4 Å². The molecule has 0 fully saturated rings. The summed E-state index contributed by atoms with van der Waals surface area (Å²) in [5.74, 6) is 1.48. The van der Waals surface area contributed by atoms with Crippen LogP contribution in [0.25, 0.3) is 10.4 Å². The van der Waals surface area contributed by atoms with E-state index in [-0.39, 0.29) is 25.5 Å². The molecule has 4 aromatic carbocycles. The number of nitrogens with zero attached hydrogens (tertiary/aromatic N) is 4. The van der Waals surface area contributed by atoms with E-state index in [4.69, 9.17) is 29.8 Å². The molecule has 248 valence electrons. The van der Waals surface area contributed by atoms with Gasteiger partial charge in [0.25, 0.3) is 5.91 Å². The molecule has 0 aliphatic carbocycles. The van der Waals surface area contributed by atoms with Gasteiger partial charge in [0.05, 0.1) is 19.8 Å². The summed E-state index contributed by atoms with van der Waals surface area (Å²) in [5.41, 5.74) is 11.7. The highest BCUT2D eigenvalue weighted by atomic mass is 79.9. The summed E-state index contributed by atoms with van der Waals surface area (Å²) in [6.45, 7) is 3.42. The summed E-state index contributed by atoms with van der Waals surface area (Å²) in [6, 6.07) is 30.4. The van der Waals surface area contributed by atoms with Crippen molar-refractivity contribution in [3.63, 3.8) is 0 Å². The number of benzene rings is 4. The highest BCUT2D eigenvalue weighted by molar-refractivity contribution is 9.10. The predicted molar refractivity (Wildman–Crippen MR) is 188 cm³/mol. The van der Waals surface area contributed by atoms with Crippen LogP contribution in [-0.4, -0.2) is 48.8 Å². The number of nitrogens with one attached hydrogen (secondary N) is 1. The first kappa shape index (κ1) is 34.5. The van der Waals surface area contributed by atoms with Crippen molar-refractivity contribution in [2.24, 2.45) is 10.1 Å². The molecular formula is C37H38BrN5O5. The number of aliphatic imine (C=N–C) groups is 1. The molecule has 0 bridgehead atoms. The lowest BCUT2D eigenvalue weighted by atomic mass is 9.81. The SMILES string of the molecule is CCOc1ccccc1CCNC(=O)[C@]1(Cc2ccccc2CN=[N+]=[N-])N=C(c2ccc(OCCCO)cc2)O[C@@H]1c1ccc(Br)cc1. The smallest absolute Gasteiger partial charge is 0.252 e. The van der Waals surface area contributed by atoms with E-state index in [0.717, 1.165) is 32.5 Å². The Balaban J connectivity index is 1.55. The molecule has 11 heteroatoms. The van der Waals surface area contributed by atoms with Gasteiger partial charge in [-0.25, -0.2) is 4.99 Å². The summed E-state index contributed by atoms with van der Waals surface area (Å²) in [5, 5.41) is 16.1. The number of carbonyl (C=O) groups is 1. The molecule has 1 amide bonds. The first-order valence-electron chi connectivity index (χ1n) is 15.9. The van der Waals surface area contributed by atoms with E-state index in [1.165, 1.54) is 0 Å². The molecule has 0 saturated heterocycles. The van der Waals surface area contributed by atoms with Gasteiger partial charge in [-0.3, -0.25) is 4.79 Å². The van der Waals surface area contributed by atoms with Crippen LogP contribution in [0, 0.1) is 0 Å². The number of carbonyl (C=O) groups excluding carboxylic acids is 1. The Morgan fingerprint density at radius 2 is 1.71 bits per heavy atom. The molecule has 5 rings (SSSR count). The van der Waals surface area contributed by atoms with Crippen LogP contribution in [0.4, 0.5) is 0 Å². The fourth-order valence-corrected chi connectivity index (χ4v) is 5.94. The van der Waals surface area contributed by atoms with E-state index in [2.05, 4.69) is 31.3 Å². The molecule has 1 aliphatic heterocycles. The minimum Gasteiger partial charge on any atom is -0.494 e. The average Bonchev–Trinajstić information content (AvgIpc) is 3.50. The molecular weight excluding hydrogens is 674 g/mol. The van der Waals surface area contributed by atoms with Gasteiger partial charge in [-0.1, -0.05) is 75.6 Å². The van der Waals surface area contributed by atoms with Gasteiger partial charge >= 0.3 is 0 Å². The van der Waals surface area contributed by atoms with Crippen LogP contribution < -0.4 is 14.8 Å². The molecule has 0 spiro atoms. The Bertz CT molecular complexity index is 1760. The minimum atomic E-state index is -1.41. The van der Waals surface area contributed by atoms with Gasteiger partial charge < -0.3 is 24.6 Å². The van der Waals surface area contributed by atoms with Crippen molar-refractivity contribution in [3.8, 4) is 11.5 Å². The third-order valence-corrected chi connectivity index (χ3v) is 8.57. The van der Waals surface area contributed by atoms with Crippen LogP contribution in [0.1, 0.15) is 47.3 Å². The van der Waals surface area contributed by atoms with Gasteiger partial charge in [-0.15, -0.1) is 0 Å². The molecule has 2 N–H and O–H groups in total. The van der Waals surface area contributed by atoms with Gasteiger partial charge in [0.15, 0.2) is 11.6 Å². The molecule has 1 aliphatic rings. The Morgan fingerprint density at radius 1 is 1.00 bits per heavy atom. The van der Waals surface area contributed by atoms with Crippen molar-refractivity contribution >= 4 is 27.7 Å². The number of hydrogen-bond donors (Lipinski definition) is 2. The number of aliphatic hydroxyl groups is 1. The quantitative estimate of drug-likeness (QED) is 0.0545. The summed E-state index contributed by atoms with van der Waals surface area (Å²) in [4.78, 5) is 22.8. The maximum atomic E-state index is 14.7. The fourth-order valence-electron chi connectivity index (χ4n) is 5.67. The van der Waals surface area contributed by atoms with Crippen molar-refractivity contribution in [3.05, 3.63) is 140 Å². The highest BCUT2D eigenvalue weighted by Crippen LogP contribution is 2.43. The van der Waals surface area contributed by atoms with Crippen LogP contribution in [0.2, 0.25) is 0 Å². The molecule has 0 aromatic heterocycles. The molecule has 1 heterocycles. The van der Waals surface area contributed by atoms with Gasteiger partial charge in [-0.05, 0) is 83.6 Å². The van der Waals surface area contributed by atoms with Crippen molar-refractivity contribution in [1.82, 2.24) is 5.32 Å². The third-order valence-electron chi connectivity index (χ3n) is 8.04. The Kier molecular flexibility index (Phi) is 12.1. The zero-order valence-corrected chi connectivity index (χ0v) is 28.3. The maximum Gasteiger partial charge on any atom is 0.252 e. The molecule has 0 saturated carbocycles. The summed E-state index contributed by atoms with van der Waals surface area (Å²) in [6.07, 6.45) is 0.508. The lowest BCUT2D eigenvalue weighted by Crippen LogP contribution is -2.50. The second-order valence-electron chi connectivity index (χ2n) is 11.2. The number of rotatable bonds is 16. The number of amides is 1. The topological polar surface area (TPSA) is 138 Å². The lowest BCUT2D eigenvalue weighted by molar-refractivity contribution is -0.128. The number of hydrogen-bond acceptors (Lipinski definition) is 7. The Morgan fingerprint density at radius 3 is 2.42 bits per heavy atom. The summed E-state index contributed by atoms with van der Waals surface area (Å²) < 4.78 is 19.1. The normalized spacial score (nSPS) is 16.7. The zero-order valence-electron chi connectivity index (χ0n) is 26.7. The molecule has 48 heavy (non-hydrogen) atoms. The molecule has 0 radical (unpaired) electrons. The van der Waals surface area contributed by atoms with Gasteiger partial charge in [-0.2, -0.15) is 0 Å². The first-order chi connectivity index (χ1) is 23.5. The van der Waals surface area contributed by atoms with E-state index in [9.17, 15) is 4.79 Å². The number of para-hydroxylation sites is 1. The van der Waals surface area contributed by atoms with Crippen LogP contribution in [-0.2, 0) is 28.9 Å². The first-order valence-corrected chi connectivity index (χ1v) is 16.7. The maximum absolute atomic E-state index is 14.7. The van der Waals surface area contributed by atoms with E-state index >= 15 is 0 Å². The minimum absolute atomic E-state index is 0.0509. The number of halogens is 1. The fraction of sp³-hybridized carbons (Fsp3) is 0.297. The molecule has 10 nitrogen and oxygen atoms in total. The van der Waals surface area contributed by atoms with E-state index in [1.807, 2.05) is 104 Å². The molecule has 2 atom stereocenters. The van der Waals surface area contributed by atoms with E-state index in [0.29, 0.717) is 49.8 Å². The van der Waals surface area contributed by atoms with Crippen LogP contribution in [0.5, 0.6) is 11.5 Å². The standard InChI is InChI=1S/C37H38BrN5O5/c1-2-46-33-11-6-5-8-26(33)20-21-40-36(45)37(24-29-9-3-4-10-30(29)25-41-43-39)34(27-12-16-31(38)17-13-27)48-35(42-37)28-14-18-32(19-15-28)47-23-7-22-44/h3-6,8-19,34,44H,2,7,20-25H2,1H3,(H,40,45)/t34-,37-/m1/s1. The van der Waals surface area contributed by atoms with Crippen molar-refractivity contribution < 1.29 is 24.1 Å². The van der Waals surface area contributed by atoms with Crippen molar-refractivity contribution in [2.75, 3.05) is 26.4 Å². The molecule has 4 aromatic rings. The number of ether oxygens (including phenoxy) is 3. The highest BCUT2D eigenvalue weighted by Gasteiger charge is 2.53. The largest absolute Gasteiger partial charge is 0.494 e. The van der Waals surface area contributed by atoms with Gasteiger partial charge in [0.2, 0.25) is 5.90 Å². The lowest BCUT2D eigenvalue weighted by Gasteiger charge is -2.31. The predicted octanol–water partition coefficient (Wildman–Crippen LogP) is 7.28. The average molecular weight is 713 g/mol. The molecule has 0 unspecified atom stereocenters. The van der Waals surface area contributed by atoms with Crippen molar-refractivity contribution in [1.29, 1.82) is 0 Å². The van der Waals surface area contributed by atoms with Crippen LogP contribution in [0.15, 0.2) is 112 Å². The van der Waals surface area contributed by atoms with Crippen LogP contribution in [0.3, 0.4) is 0 Å². The summed E-state index contributed by atoms with van der Waals surface area (Å²) >= 11 is 3.53. The summed E-state index contributed by atoms with van der Waals surface area (Å²) in [7, 11) is 0. The van der Waals surface area contributed by atoms with E-state index < -0.39 is 11.6 Å². The second-order valence-corrected chi connectivity index (χ2v) is 12.1. The zero-order chi connectivity index (χ0) is 33.8.